The molecule has 0 radical (unpaired) electrons. The normalized spacial score (nSPS) is 21.0. The number of anilines is 1. The van der Waals surface area contributed by atoms with E-state index in [0.717, 1.165) is 0 Å². The molecule has 0 aliphatic carbocycles. The first kappa shape index (κ1) is 16.3. The first-order valence-electron chi connectivity index (χ1n) is 6.15. The lowest BCUT2D eigenvalue weighted by Crippen LogP contribution is -2.34. The van der Waals surface area contributed by atoms with E-state index >= 15 is 0 Å². The fraction of sp³-hybridized carbons (Fsp3) is 0.385. The Kier molecular flexibility index (Phi) is 5.79. The summed E-state index contributed by atoms with van der Waals surface area (Å²) in [5.74, 6) is -0.703. The predicted octanol–water partition coefficient (Wildman–Crippen LogP) is 0.453. The van der Waals surface area contributed by atoms with Gasteiger partial charge in [-0.15, -0.1) is 12.4 Å². The van der Waals surface area contributed by atoms with Crippen molar-refractivity contribution in [1.29, 1.82) is 0 Å². The molecule has 1 heterocycles. The van der Waals surface area contributed by atoms with E-state index in [0.29, 0.717) is 30.6 Å². The number of benzene rings is 1. The molecule has 2 atom stereocenters. The quantitative estimate of drug-likeness (QED) is 0.702. The van der Waals surface area contributed by atoms with Crippen molar-refractivity contribution in [3.63, 3.8) is 0 Å². The average Bonchev–Trinajstić information content (AvgIpc) is 2.85. The molecule has 20 heavy (non-hydrogen) atoms. The standard InChI is InChI=1S/C13H17N3O3.ClH/c14-10-4-2-1-3-9(10)13(18)16-7-8-5-6-11(19-8)12(15)17;/h1-4,8,11H,5-7,14H2,(H2,15,17)(H,16,18);1H. The van der Waals surface area contributed by atoms with Crippen LogP contribution in [-0.4, -0.2) is 30.6 Å². The number of amides is 2. The number of halogens is 1. The topological polar surface area (TPSA) is 107 Å². The number of nitrogens with two attached hydrogens (primary N) is 2. The molecule has 0 bridgehead atoms. The maximum atomic E-state index is 11.9. The summed E-state index contributed by atoms with van der Waals surface area (Å²) in [6.07, 6.45) is 0.594. The van der Waals surface area contributed by atoms with Crippen molar-refractivity contribution in [1.82, 2.24) is 5.32 Å². The van der Waals surface area contributed by atoms with Crippen LogP contribution in [0, 0.1) is 0 Å². The number of carbonyl (C=O) groups is 2. The second kappa shape index (κ2) is 7.12. The molecule has 0 aromatic heterocycles. The highest BCUT2D eigenvalue weighted by Gasteiger charge is 2.29. The number of hydrogen-bond donors (Lipinski definition) is 3. The Morgan fingerprint density at radius 3 is 2.60 bits per heavy atom. The largest absolute Gasteiger partial charge is 0.398 e. The van der Waals surface area contributed by atoms with Gasteiger partial charge in [-0.05, 0) is 25.0 Å². The zero-order valence-electron chi connectivity index (χ0n) is 10.9. The Balaban J connectivity index is 0.00000200. The summed E-state index contributed by atoms with van der Waals surface area (Å²) in [5.41, 5.74) is 11.7. The summed E-state index contributed by atoms with van der Waals surface area (Å²) >= 11 is 0. The van der Waals surface area contributed by atoms with Crippen LogP contribution in [0.5, 0.6) is 0 Å². The molecule has 7 heteroatoms. The van der Waals surface area contributed by atoms with Crippen LogP contribution in [0.25, 0.3) is 0 Å². The van der Waals surface area contributed by atoms with E-state index in [4.69, 9.17) is 16.2 Å². The highest BCUT2D eigenvalue weighted by atomic mass is 35.5. The van der Waals surface area contributed by atoms with Gasteiger partial charge in [-0.25, -0.2) is 0 Å². The molecule has 0 spiro atoms. The minimum absolute atomic E-state index is 0. The molecule has 2 amide bonds. The lowest BCUT2D eigenvalue weighted by molar-refractivity contribution is -0.128. The molecule has 2 unspecified atom stereocenters. The Morgan fingerprint density at radius 2 is 2.00 bits per heavy atom. The lowest BCUT2D eigenvalue weighted by atomic mass is 10.1. The summed E-state index contributed by atoms with van der Waals surface area (Å²) in [7, 11) is 0. The van der Waals surface area contributed by atoms with Crippen LogP contribution < -0.4 is 16.8 Å². The van der Waals surface area contributed by atoms with Crippen molar-refractivity contribution in [3.05, 3.63) is 29.8 Å². The van der Waals surface area contributed by atoms with Gasteiger partial charge in [0.25, 0.3) is 5.91 Å². The molecule has 1 aromatic rings. The zero-order chi connectivity index (χ0) is 13.8. The fourth-order valence-corrected chi connectivity index (χ4v) is 2.07. The summed E-state index contributed by atoms with van der Waals surface area (Å²) in [6.45, 7) is 0.344. The van der Waals surface area contributed by atoms with E-state index in [1.165, 1.54) is 0 Å². The molecule has 5 N–H and O–H groups in total. The first-order valence-corrected chi connectivity index (χ1v) is 6.15. The molecule has 1 fully saturated rings. The molecule has 0 saturated carbocycles. The third-order valence-electron chi connectivity index (χ3n) is 3.12. The third kappa shape index (κ3) is 3.85. The van der Waals surface area contributed by atoms with Crippen molar-refractivity contribution in [2.24, 2.45) is 5.73 Å². The smallest absolute Gasteiger partial charge is 0.253 e. The molecule has 1 aromatic carbocycles. The van der Waals surface area contributed by atoms with E-state index in [-0.39, 0.29) is 24.4 Å². The van der Waals surface area contributed by atoms with E-state index in [1.54, 1.807) is 24.3 Å². The molecular formula is C13H18ClN3O3. The second-order valence-corrected chi connectivity index (χ2v) is 4.52. The third-order valence-corrected chi connectivity index (χ3v) is 3.12. The van der Waals surface area contributed by atoms with Crippen LogP contribution in [0.1, 0.15) is 23.2 Å². The van der Waals surface area contributed by atoms with Gasteiger partial charge < -0.3 is 21.5 Å². The van der Waals surface area contributed by atoms with Crippen LogP contribution in [0.4, 0.5) is 5.69 Å². The minimum atomic E-state index is -0.538. The Morgan fingerprint density at radius 1 is 1.30 bits per heavy atom. The number of ether oxygens (including phenoxy) is 1. The van der Waals surface area contributed by atoms with Crippen molar-refractivity contribution < 1.29 is 14.3 Å². The first-order chi connectivity index (χ1) is 9.08. The Labute approximate surface area is 123 Å². The monoisotopic (exact) mass is 299 g/mol. The van der Waals surface area contributed by atoms with Crippen molar-refractivity contribution in [3.8, 4) is 0 Å². The van der Waals surface area contributed by atoms with Gasteiger partial charge in [0.2, 0.25) is 5.91 Å². The number of primary amides is 1. The Hall–Kier alpha value is -1.79. The van der Waals surface area contributed by atoms with Gasteiger partial charge >= 0.3 is 0 Å². The summed E-state index contributed by atoms with van der Waals surface area (Å²) in [6, 6.07) is 6.85. The minimum Gasteiger partial charge on any atom is -0.398 e. The molecule has 110 valence electrons. The maximum absolute atomic E-state index is 11.9. The fourth-order valence-electron chi connectivity index (χ4n) is 2.07. The van der Waals surface area contributed by atoms with Crippen LogP contribution in [0.15, 0.2) is 24.3 Å². The molecular weight excluding hydrogens is 282 g/mol. The SMILES string of the molecule is Cl.NC(=O)C1CCC(CNC(=O)c2ccccc2N)O1. The van der Waals surface area contributed by atoms with Gasteiger partial charge in [-0.3, -0.25) is 9.59 Å². The van der Waals surface area contributed by atoms with Crippen LogP contribution in [0.3, 0.4) is 0 Å². The van der Waals surface area contributed by atoms with Gasteiger partial charge in [-0.2, -0.15) is 0 Å². The maximum Gasteiger partial charge on any atom is 0.253 e. The van der Waals surface area contributed by atoms with E-state index in [9.17, 15) is 9.59 Å². The van der Waals surface area contributed by atoms with E-state index in [2.05, 4.69) is 5.32 Å². The van der Waals surface area contributed by atoms with Gasteiger partial charge in [0.15, 0.2) is 0 Å². The van der Waals surface area contributed by atoms with Crippen molar-refractivity contribution in [2.75, 3.05) is 12.3 Å². The Bertz CT molecular complexity index is 496. The van der Waals surface area contributed by atoms with Gasteiger partial charge in [0, 0.05) is 12.2 Å². The summed E-state index contributed by atoms with van der Waals surface area (Å²) in [5, 5.41) is 2.75. The molecule has 1 aliphatic heterocycles. The van der Waals surface area contributed by atoms with Crippen LogP contribution in [-0.2, 0) is 9.53 Å². The molecule has 1 saturated heterocycles. The number of rotatable bonds is 4. The van der Waals surface area contributed by atoms with E-state index in [1.807, 2.05) is 0 Å². The molecule has 2 rings (SSSR count). The average molecular weight is 300 g/mol. The van der Waals surface area contributed by atoms with Gasteiger partial charge in [-0.1, -0.05) is 12.1 Å². The summed E-state index contributed by atoms with van der Waals surface area (Å²) < 4.78 is 5.42. The highest BCUT2D eigenvalue weighted by molar-refractivity contribution is 5.99. The number of carbonyl (C=O) groups excluding carboxylic acids is 2. The summed E-state index contributed by atoms with van der Waals surface area (Å²) in [4.78, 5) is 22.8. The van der Waals surface area contributed by atoms with Crippen molar-refractivity contribution >= 4 is 29.9 Å². The van der Waals surface area contributed by atoms with Crippen LogP contribution >= 0.6 is 12.4 Å². The van der Waals surface area contributed by atoms with E-state index < -0.39 is 12.0 Å². The zero-order valence-corrected chi connectivity index (χ0v) is 11.7. The number of para-hydroxylation sites is 1. The molecule has 1 aliphatic rings. The predicted molar refractivity (Wildman–Crippen MR) is 77.5 cm³/mol. The second-order valence-electron chi connectivity index (χ2n) is 4.52. The highest BCUT2D eigenvalue weighted by Crippen LogP contribution is 2.19. The molecule has 6 nitrogen and oxygen atoms in total. The number of hydrogen-bond acceptors (Lipinski definition) is 4. The van der Waals surface area contributed by atoms with Crippen LogP contribution in [0.2, 0.25) is 0 Å². The van der Waals surface area contributed by atoms with Gasteiger partial charge in [0.05, 0.1) is 11.7 Å². The number of nitrogens with one attached hydrogen (secondary N) is 1. The van der Waals surface area contributed by atoms with Crippen molar-refractivity contribution in [2.45, 2.75) is 25.0 Å². The van der Waals surface area contributed by atoms with Gasteiger partial charge in [0.1, 0.15) is 6.10 Å². The lowest BCUT2D eigenvalue weighted by Gasteiger charge is -2.13. The number of nitrogen functional groups attached to an aromatic ring is 1.